The molecule has 29 heavy (non-hydrogen) atoms. The van der Waals surface area contributed by atoms with Crippen LogP contribution in [-0.4, -0.2) is 14.3 Å². The number of sulfonamides is 1. The van der Waals surface area contributed by atoms with E-state index in [-0.39, 0.29) is 22.8 Å². The van der Waals surface area contributed by atoms with E-state index in [1.54, 1.807) is 0 Å². The van der Waals surface area contributed by atoms with Crippen molar-refractivity contribution in [3.05, 3.63) is 95.3 Å². The molecule has 0 bridgehead atoms. The molecular formula is C21H19FN2O4S. The number of carbonyl (C=O) groups excluding carboxylic acids is 1. The molecule has 150 valence electrons. The van der Waals surface area contributed by atoms with E-state index in [4.69, 9.17) is 4.84 Å². The minimum atomic E-state index is -3.87. The molecule has 0 aliphatic rings. The second-order valence-electron chi connectivity index (χ2n) is 6.30. The number of rotatable bonds is 7. The first-order valence-electron chi connectivity index (χ1n) is 8.70. The summed E-state index contributed by atoms with van der Waals surface area (Å²) in [7, 11) is -3.87. The third-order valence-electron chi connectivity index (χ3n) is 4.09. The summed E-state index contributed by atoms with van der Waals surface area (Å²) in [4.78, 5) is 17.2. The van der Waals surface area contributed by atoms with Crippen LogP contribution >= 0.6 is 0 Å². The lowest BCUT2D eigenvalue weighted by Gasteiger charge is -2.10. The third kappa shape index (κ3) is 5.40. The lowest BCUT2D eigenvalue weighted by molar-refractivity contribution is 0.0233. The minimum Gasteiger partial charge on any atom is -0.280 e. The SMILES string of the molecule is Cc1cc(S(=O)(=O)Nc2ccc(C(=O)NOCc3ccccc3)cc2)ccc1F. The maximum atomic E-state index is 13.4. The first-order valence-corrected chi connectivity index (χ1v) is 10.2. The maximum Gasteiger partial charge on any atom is 0.274 e. The smallest absolute Gasteiger partial charge is 0.274 e. The summed E-state index contributed by atoms with van der Waals surface area (Å²) in [6, 6.07) is 18.8. The van der Waals surface area contributed by atoms with Crippen molar-refractivity contribution < 1.29 is 22.4 Å². The van der Waals surface area contributed by atoms with Gasteiger partial charge in [-0.3, -0.25) is 14.4 Å². The van der Waals surface area contributed by atoms with Crippen LogP contribution in [0.1, 0.15) is 21.5 Å². The van der Waals surface area contributed by atoms with E-state index < -0.39 is 21.7 Å². The van der Waals surface area contributed by atoms with Crippen LogP contribution in [0.2, 0.25) is 0 Å². The highest BCUT2D eigenvalue weighted by atomic mass is 32.2. The predicted octanol–water partition coefficient (Wildman–Crippen LogP) is 3.80. The molecule has 3 rings (SSSR count). The molecule has 0 saturated heterocycles. The Morgan fingerprint density at radius 3 is 2.34 bits per heavy atom. The zero-order valence-electron chi connectivity index (χ0n) is 15.6. The first-order chi connectivity index (χ1) is 13.8. The van der Waals surface area contributed by atoms with Gasteiger partial charge in [0, 0.05) is 11.3 Å². The highest BCUT2D eigenvalue weighted by Gasteiger charge is 2.16. The van der Waals surface area contributed by atoms with Gasteiger partial charge in [-0.2, -0.15) is 0 Å². The lowest BCUT2D eigenvalue weighted by Crippen LogP contribution is -2.23. The molecule has 0 spiro atoms. The van der Waals surface area contributed by atoms with Crippen molar-refractivity contribution in [1.29, 1.82) is 0 Å². The molecule has 0 fully saturated rings. The van der Waals surface area contributed by atoms with Crippen molar-refractivity contribution in [3.63, 3.8) is 0 Å². The Morgan fingerprint density at radius 2 is 1.69 bits per heavy atom. The third-order valence-corrected chi connectivity index (χ3v) is 5.46. The first kappa shape index (κ1) is 20.5. The zero-order valence-corrected chi connectivity index (χ0v) is 16.4. The van der Waals surface area contributed by atoms with Crippen LogP contribution in [0.3, 0.4) is 0 Å². The Balaban J connectivity index is 1.60. The topological polar surface area (TPSA) is 84.5 Å². The molecule has 0 saturated carbocycles. The summed E-state index contributed by atoms with van der Waals surface area (Å²) >= 11 is 0. The summed E-state index contributed by atoms with van der Waals surface area (Å²) in [5.41, 5.74) is 4.06. The van der Waals surface area contributed by atoms with Gasteiger partial charge in [-0.05, 0) is 60.5 Å². The van der Waals surface area contributed by atoms with E-state index in [0.29, 0.717) is 5.56 Å². The molecule has 3 aromatic rings. The molecule has 2 N–H and O–H groups in total. The molecule has 0 radical (unpaired) electrons. The number of aryl methyl sites for hydroxylation is 1. The number of hydrogen-bond acceptors (Lipinski definition) is 4. The largest absolute Gasteiger partial charge is 0.280 e. The molecule has 6 nitrogen and oxygen atoms in total. The van der Waals surface area contributed by atoms with Crippen molar-refractivity contribution in [2.45, 2.75) is 18.4 Å². The molecular weight excluding hydrogens is 395 g/mol. The summed E-state index contributed by atoms with van der Waals surface area (Å²) in [6.07, 6.45) is 0. The summed E-state index contributed by atoms with van der Waals surface area (Å²) < 4.78 is 40.6. The number of halogens is 1. The van der Waals surface area contributed by atoms with Gasteiger partial charge in [0.2, 0.25) is 0 Å². The Hall–Kier alpha value is -3.23. The van der Waals surface area contributed by atoms with Gasteiger partial charge in [0.1, 0.15) is 5.82 Å². The average molecular weight is 414 g/mol. The van der Waals surface area contributed by atoms with Crippen LogP contribution in [-0.2, 0) is 21.5 Å². The molecule has 0 heterocycles. The van der Waals surface area contributed by atoms with E-state index in [2.05, 4.69) is 10.2 Å². The monoisotopic (exact) mass is 414 g/mol. The van der Waals surface area contributed by atoms with E-state index in [0.717, 1.165) is 11.6 Å². The molecule has 0 unspecified atom stereocenters. The van der Waals surface area contributed by atoms with Gasteiger partial charge in [0.25, 0.3) is 15.9 Å². The van der Waals surface area contributed by atoms with Crippen LogP contribution in [0.4, 0.5) is 10.1 Å². The van der Waals surface area contributed by atoms with Gasteiger partial charge in [-0.1, -0.05) is 30.3 Å². The standard InChI is InChI=1S/C21H19FN2O4S/c1-15-13-19(11-12-20(15)22)29(26,27)24-18-9-7-17(8-10-18)21(25)23-28-14-16-5-3-2-4-6-16/h2-13,24H,14H2,1H3,(H,23,25). The van der Waals surface area contributed by atoms with E-state index in [1.807, 2.05) is 30.3 Å². The van der Waals surface area contributed by atoms with Crippen molar-refractivity contribution in [1.82, 2.24) is 5.48 Å². The lowest BCUT2D eigenvalue weighted by atomic mass is 10.2. The highest BCUT2D eigenvalue weighted by molar-refractivity contribution is 7.92. The van der Waals surface area contributed by atoms with Crippen molar-refractivity contribution in [2.75, 3.05) is 4.72 Å². The molecule has 3 aromatic carbocycles. The minimum absolute atomic E-state index is 0.0486. The summed E-state index contributed by atoms with van der Waals surface area (Å²) in [6.45, 7) is 1.71. The fourth-order valence-electron chi connectivity index (χ4n) is 2.51. The van der Waals surface area contributed by atoms with Crippen LogP contribution in [0, 0.1) is 12.7 Å². The number of hydrogen-bond donors (Lipinski definition) is 2. The molecule has 8 heteroatoms. The predicted molar refractivity (Wildman–Crippen MR) is 107 cm³/mol. The van der Waals surface area contributed by atoms with Gasteiger partial charge in [0.15, 0.2) is 0 Å². The van der Waals surface area contributed by atoms with Gasteiger partial charge in [-0.15, -0.1) is 0 Å². The zero-order chi connectivity index (χ0) is 20.9. The maximum absolute atomic E-state index is 13.4. The Bertz CT molecular complexity index is 1100. The molecule has 0 aliphatic heterocycles. The van der Waals surface area contributed by atoms with E-state index in [9.17, 15) is 17.6 Å². The van der Waals surface area contributed by atoms with E-state index in [1.165, 1.54) is 43.3 Å². The van der Waals surface area contributed by atoms with Gasteiger partial charge >= 0.3 is 0 Å². The van der Waals surface area contributed by atoms with Gasteiger partial charge in [0.05, 0.1) is 11.5 Å². The molecule has 1 amide bonds. The van der Waals surface area contributed by atoms with Crippen LogP contribution < -0.4 is 10.2 Å². The van der Waals surface area contributed by atoms with Crippen LogP contribution in [0.15, 0.2) is 77.7 Å². The Kier molecular flexibility index (Phi) is 6.26. The number of hydroxylamine groups is 1. The number of nitrogens with one attached hydrogen (secondary N) is 2. The van der Waals surface area contributed by atoms with Gasteiger partial charge < -0.3 is 0 Å². The summed E-state index contributed by atoms with van der Waals surface area (Å²) in [5.74, 6) is -0.932. The molecule has 0 aliphatic carbocycles. The van der Waals surface area contributed by atoms with Crippen molar-refractivity contribution >= 4 is 21.6 Å². The van der Waals surface area contributed by atoms with Crippen molar-refractivity contribution in [2.24, 2.45) is 0 Å². The fourth-order valence-corrected chi connectivity index (χ4v) is 3.65. The second-order valence-corrected chi connectivity index (χ2v) is 7.98. The number of anilines is 1. The molecule has 0 atom stereocenters. The van der Waals surface area contributed by atoms with Crippen molar-refractivity contribution in [3.8, 4) is 0 Å². The normalized spacial score (nSPS) is 11.1. The second kappa shape index (κ2) is 8.85. The van der Waals surface area contributed by atoms with Crippen LogP contribution in [0.5, 0.6) is 0 Å². The average Bonchev–Trinajstić information content (AvgIpc) is 2.71. The molecule has 0 aromatic heterocycles. The number of carbonyl (C=O) groups is 1. The fraction of sp³-hybridized carbons (Fsp3) is 0.0952. The Labute approximate surface area is 168 Å². The summed E-state index contributed by atoms with van der Waals surface area (Å²) in [5, 5.41) is 0. The van der Waals surface area contributed by atoms with Gasteiger partial charge in [-0.25, -0.2) is 18.3 Å². The number of benzene rings is 3. The van der Waals surface area contributed by atoms with E-state index >= 15 is 0 Å². The Morgan fingerprint density at radius 1 is 1.00 bits per heavy atom. The number of amides is 1. The quantitative estimate of drug-likeness (QED) is 0.576. The van der Waals surface area contributed by atoms with Crippen LogP contribution in [0.25, 0.3) is 0 Å². The highest BCUT2D eigenvalue weighted by Crippen LogP contribution is 2.19.